The second kappa shape index (κ2) is 8.83. The summed E-state index contributed by atoms with van der Waals surface area (Å²) in [6.07, 6.45) is 3.67. The first-order valence-electron chi connectivity index (χ1n) is 8.81. The number of nitrogens with zero attached hydrogens (tertiary/aromatic N) is 2. The lowest BCUT2D eigenvalue weighted by Crippen LogP contribution is -2.51. The van der Waals surface area contributed by atoms with Gasteiger partial charge in [-0.05, 0) is 51.8 Å². The lowest BCUT2D eigenvalue weighted by atomic mass is 9.97. The van der Waals surface area contributed by atoms with Gasteiger partial charge in [0.05, 0.1) is 12.0 Å². The first-order chi connectivity index (χ1) is 11.5. The molecular formula is C19H29N3O2. The molecule has 2 atom stereocenters. The molecular weight excluding hydrogens is 302 g/mol. The summed E-state index contributed by atoms with van der Waals surface area (Å²) in [6.45, 7) is 4.01. The van der Waals surface area contributed by atoms with Gasteiger partial charge >= 0.3 is 0 Å². The molecule has 0 aromatic heterocycles. The number of nitrogens with two attached hydrogens (primary N) is 1. The minimum Gasteiger partial charge on any atom is -0.369 e. The Labute approximate surface area is 144 Å². The van der Waals surface area contributed by atoms with E-state index < -0.39 is 0 Å². The highest BCUT2D eigenvalue weighted by molar-refractivity contribution is 5.83. The second-order valence-corrected chi connectivity index (χ2v) is 6.77. The molecule has 24 heavy (non-hydrogen) atoms. The summed E-state index contributed by atoms with van der Waals surface area (Å²) >= 11 is 0. The predicted octanol–water partition coefficient (Wildman–Crippen LogP) is 1.66. The summed E-state index contributed by atoms with van der Waals surface area (Å²) in [5.41, 5.74) is 6.72. The molecule has 5 nitrogen and oxygen atoms in total. The summed E-state index contributed by atoms with van der Waals surface area (Å²) in [4.78, 5) is 27.9. The zero-order valence-electron chi connectivity index (χ0n) is 14.8. The van der Waals surface area contributed by atoms with E-state index >= 15 is 0 Å². The van der Waals surface area contributed by atoms with E-state index in [9.17, 15) is 9.59 Å². The molecule has 1 aliphatic rings. The highest BCUT2D eigenvalue weighted by Crippen LogP contribution is 2.18. The molecule has 1 saturated heterocycles. The monoisotopic (exact) mass is 331 g/mol. The number of carbonyl (C=O) groups is 2. The zero-order valence-corrected chi connectivity index (χ0v) is 14.8. The topological polar surface area (TPSA) is 66.6 Å². The Balaban J connectivity index is 1.80. The van der Waals surface area contributed by atoms with Gasteiger partial charge in [-0.15, -0.1) is 0 Å². The molecule has 0 unspecified atom stereocenters. The summed E-state index contributed by atoms with van der Waals surface area (Å²) in [7, 11) is 1.99. The van der Waals surface area contributed by atoms with Crippen LogP contribution in [0.3, 0.4) is 0 Å². The maximum atomic E-state index is 12.7. The number of hydrogen-bond donors (Lipinski definition) is 1. The molecule has 1 aromatic rings. The summed E-state index contributed by atoms with van der Waals surface area (Å²) < 4.78 is 0. The van der Waals surface area contributed by atoms with E-state index in [1.165, 1.54) is 5.56 Å². The summed E-state index contributed by atoms with van der Waals surface area (Å²) in [5, 5.41) is 0. The highest BCUT2D eigenvalue weighted by Gasteiger charge is 2.30. The van der Waals surface area contributed by atoms with E-state index in [0.717, 1.165) is 38.8 Å². The van der Waals surface area contributed by atoms with Crippen molar-refractivity contribution in [2.24, 2.45) is 11.7 Å². The van der Waals surface area contributed by atoms with Crippen molar-refractivity contribution in [1.82, 2.24) is 9.80 Å². The van der Waals surface area contributed by atoms with Gasteiger partial charge < -0.3 is 10.6 Å². The fourth-order valence-electron chi connectivity index (χ4n) is 3.23. The Bertz CT molecular complexity index is 547. The normalized spacial score (nSPS) is 19.3. The van der Waals surface area contributed by atoms with Gasteiger partial charge in [0.1, 0.15) is 0 Å². The molecule has 132 valence electrons. The van der Waals surface area contributed by atoms with E-state index in [0.29, 0.717) is 6.54 Å². The minimum atomic E-state index is -0.295. The molecule has 0 aliphatic carbocycles. The number of rotatable bonds is 7. The maximum Gasteiger partial charge on any atom is 0.239 e. The van der Waals surface area contributed by atoms with E-state index in [2.05, 4.69) is 29.2 Å². The molecule has 5 heteroatoms. The van der Waals surface area contributed by atoms with Gasteiger partial charge in [0.25, 0.3) is 0 Å². The lowest BCUT2D eigenvalue weighted by molar-refractivity contribution is -0.139. The fraction of sp³-hybridized carbons (Fsp3) is 0.579. The molecule has 2 amide bonds. The number of amides is 2. The standard InChI is InChI=1S/C19H29N3O2/c1-15(19(24)22-13-7-11-17(14-22)18(20)23)21(2)12-6-10-16-8-4-3-5-9-16/h3-5,8-9,15,17H,6-7,10-14H2,1-2H3,(H2,20,23)/t15-,17-/m1/s1. The number of likely N-dealkylation sites (tertiary alicyclic amines) is 1. The SMILES string of the molecule is C[C@H](C(=O)N1CCC[C@@H](C(N)=O)C1)N(C)CCCc1ccccc1. The molecule has 0 spiro atoms. The van der Waals surface area contributed by atoms with Crippen LogP contribution in [-0.2, 0) is 16.0 Å². The molecule has 2 rings (SSSR count). The van der Waals surface area contributed by atoms with Crippen LogP contribution in [0.5, 0.6) is 0 Å². The van der Waals surface area contributed by atoms with Crippen molar-refractivity contribution < 1.29 is 9.59 Å². The van der Waals surface area contributed by atoms with Crippen molar-refractivity contribution in [2.45, 2.75) is 38.6 Å². The Morgan fingerprint density at radius 2 is 2.04 bits per heavy atom. The Kier molecular flexibility index (Phi) is 6.79. The van der Waals surface area contributed by atoms with Crippen LogP contribution in [0.25, 0.3) is 0 Å². The van der Waals surface area contributed by atoms with Crippen molar-refractivity contribution in [2.75, 3.05) is 26.7 Å². The van der Waals surface area contributed by atoms with Crippen molar-refractivity contribution in [3.05, 3.63) is 35.9 Å². The third-order valence-corrected chi connectivity index (χ3v) is 4.97. The van der Waals surface area contributed by atoms with Crippen LogP contribution in [0.2, 0.25) is 0 Å². The lowest BCUT2D eigenvalue weighted by Gasteiger charge is -2.35. The number of primary amides is 1. The number of hydrogen-bond acceptors (Lipinski definition) is 3. The number of benzene rings is 1. The van der Waals surface area contributed by atoms with Crippen molar-refractivity contribution in [3.63, 3.8) is 0 Å². The van der Waals surface area contributed by atoms with Crippen LogP contribution in [0.1, 0.15) is 31.7 Å². The van der Waals surface area contributed by atoms with Gasteiger partial charge in [0, 0.05) is 13.1 Å². The van der Waals surface area contributed by atoms with Gasteiger partial charge in [0.15, 0.2) is 0 Å². The molecule has 0 saturated carbocycles. The van der Waals surface area contributed by atoms with Crippen LogP contribution < -0.4 is 5.73 Å². The van der Waals surface area contributed by atoms with E-state index in [1.54, 1.807) is 4.90 Å². The van der Waals surface area contributed by atoms with Crippen LogP contribution >= 0.6 is 0 Å². The first-order valence-corrected chi connectivity index (χ1v) is 8.81. The highest BCUT2D eigenvalue weighted by atomic mass is 16.2. The van der Waals surface area contributed by atoms with Crippen LogP contribution in [-0.4, -0.2) is 54.3 Å². The van der Waals surface area contributed by atoms with E-state index in [4.69, 9.17) is 5.73 Å². The summed E-state index contributed by atoms with van der Waals surface area (Å²) in [6, 6.07) is 10.2. The first kappa shape index (κ1) is 18.5. The average molecular weight is 331 g/mol. The van der Waals surface area contributed by atoms with Crippen molar-refractivity contribution in [1.29, 1.82) is 0 Å². The molecule has 0 bridgehead atoms. The maximum absolute atomic E-state index is 12.7. The molecule has 0 radical (unpaired) electrons. The third-order valence-electron chi connectivity index (χ3n) is 4.97. The van der Waals surface area contributed by atoms with Crippen molar-refractivity contribution in [3.8, 4) is 0 Å². The number of likely N-dealkylation sites (N-methyl/N-ethyl adjacent to an activating group) is 1. The zero-order chi connectivity index (χ0) is 17.5. The van der Waals surface area contributed by atoms with Gasteiger partial charge in [-0.3, -0.25) is 14.5 Å². The largest absolute Gasteiger partial charge is 0.369 e. The Morgan fingerprint density at radius 1 is 1.33 bits per heavy atom. The quantitative estimate of drug-likeness (QED) is 0.826. The van der Waals surface area contributed by atoms with Gasteiger partial charge in [0.2, 0.25) is 11.8 Å². The number of carbonyl (C=O) groups excluding carboxylic acids is 2. The van der Waals surface area contributed by atoms with E-state index in [1.807, 2.05) is 20.0 Å². The van der Waals surface area contributed by atoms with Crippen LogP contribution in [0, 0.1) is 5.92 Å². The second-order valence-electron chi connectivity index (χ2n) is 6.77. The van der Waals surface area contributed by atoms with Gasteiger partial charge in [-0.2, -0.15) is 0 Å². The predicted molar refractivity (Wildman–Crippen MR) is 95.4 cm³/mol. The third kappa shape index (κ3) is 5.06. The van der Waals surface area contributed by atoms with E-state index in [-0.39, 0.29) is 23.8 Å². The number of aryl methyl sites for hydroxylation is 1. The minimum absolute atomic E-state index is 0.100. The van der Waals surface area contributed by atoms with Crippen LogP contribution in [0.15, 0.2) is 30.3 Å². The van der Waals surface area contributed by atoms with Gasteiger partial charge in [-0.25, -0.2) is 0 Å². The Morgan fingerprint density at radius 3 is 2.71 bits per heavy atom. The summed E-state index contributed by atoms with van der Waals surface area (Å²) in [5.74, 6) is -0.391. The van der Waals surface area contributed by atoms with Crippen LogP contribution in [0.4, 0.5) is 0 Å². The van der Waals surface area contributed by atoms with Gasteiger partial charge in [-0.1, -0.05) is 30.3 Å². The molecule has 1 heterocycles. The number of piperidine rings is 1. The fourth-order valence-corrected chi connectivity index (χ4v) is 3.23. The smallest absolute Gasteiger partial charge is 0.239 e. The molecule has 2 N–H and O–H groups in total. The van der Waals surface area contributed by atoms with Crippen molar-refractivity contribution >= 4 is 11.8 Å². The Hall–Kier alpha value is -1.88. The average Bonchev–Trinajstić information content (AvgIpc) is 2.61. The molecule has 1 aromatic carbocycles. The molecule has 1 fully saturated rings. The molecule has 1 aliphatic heterocycles.